The molecule has 0 amide bonds. The van der Waals surface area contributed by atoms with Gasteiger partial charge >= 0.3 is 0 Å². The summed E-state index contributed by atoms with van der Waals surface area (Å²) >= 11 is 1.86. The molecule has 0 saturated carbocycles. The van der Waals surface area contributed by atoms with Crippen molar-refractivity contribution < 1.29 is 0 Å². The number of hydrogen-bond donors (Lipinski definition) is 0. The lowest BCUT2D eigenvalue weighted by atomic mass is 10.2. The minimum Gasteiger partial charge on any atom is -0.148 e. The van der Waals surface area contributed by atoms with Crippen LogP contribution in [0, 0.1) is 6.92 Å². The Morgan fingerprint density at radius 1 is 1.08 bits per heavy atom. The minimum absolute atomic E-state index is 0.698. The smallest absolute Gasteiger partial charge is 0.00734 e. The molecule has 0 aliphatic carbocycles. The fourth-order valence-corrected chi connectivity index (χ4v) is 1.67. The third-order valence-electron chi connectivity index (χ3n) is 1.32. The van der Waals surface area contributed by atoms with Gasteiger partial charge in [-0.2, -0.15) is 0 Å². The Bertz CT molecular complexity index is 187. The van der Waals surface area contributed by atoms with Crippen molar-refractivity contribution in [2.45, 2.75) is 54.4 Å². The fraction of sp³-hybridized carbons (Fsp3) is 0.667. The molecule has 0 aliphatic heterocycles. The molecule has 13 heavy (non-hydrogen) atoms. The van der Waals surface area contributed by atoms with Gasteiger partial charge in [-0.25, -0.2) is 0 Å². The Balaban J connectivity index is 0. The summed E-state index contributed by atoms with van der Waals surface area (Å²) in [6.07, 6.45) is 0. The standard InChI is InChI=1S/C8H12S.2C2H6/c1-6(2)8-4-7(3)5-9-8;2*1-2/h4-6H,1-3H3;2*1-2H3. The summed E-state index contributed by atoms with van der Waals surface area (Å²) in [5, 5.41) is 2.20. The molecule has 0 N–H and O–H groups in total. The Morgan fingerprint density at radius 3 is 1.69 bits per heavy atom. The maximum Gasteiger partial charge on any atom is 0.00734 e. The molecule has 0 nitrogen and oxygen atoms in total. The van der Waals surface area contributed by atoms with Crippen molar-refractivity contribution in [1.82, 2.24) is 0 Å². The maximum absolute atomic E-state index is 2.26. The van der Waals surface area contributed by atoms with E-state index in [4.69, 9.17) is 0 Å². The molecule has 0 fully saturated rings. The molecule has 1 aromatic rings. The predicted octanol–water partition coefficient (Wildman–Crippen LogP) is 5.23. The van der Waals surface area contributed by atoms with E-state index in [9.17, 15) is 0 Å². The van der Waals surface area contributed by atoms with Crippen molar-refractivity contribution in [1.29, 1.82) is 0 Å². The van der Waals surface area contributed by atoms with Gasteiger partial charge in [0.1, 0.15) is 0 Å². The van der Waals surface area contributed by atoms with Crippen LogP contribution in [-0.4, -0.2) is 0 Å². The van der Waals surface area contributed by atoms with E-state index in [1.54, 1.807) is 0 Å². The first kappa shape index (κ1) is 15.2. The monoisotopic (exact) mass is 200 g/mol. The van der Waals surface area contributed by atoms with Crippen LogP contribution in [0.4, 0.5) is 0 Å². The van der Waals surface area contributed by atoms with E-state index in [2.05, 4.69) is 32.2 Å². The van der Waals surface area contributed by atoms with Crippen molar-refractivity contribution >= 4 is 11.3 Å². The van der Waals surface area contributed by atoms with Crippen LogP contribution in [0.25, 0.3) is 0 Å². The molecule has 0 saturated heterocycles. The highest BCUT2D eigenvalue weighted by molar-refractivity contribution is 7.10. The lowest BCUT2D eigenvalue weighted by Crippen LogP contribution is -1.77. The molecule has 1 rings (SSSR count). The quantitative estimate of drug-likeness (QED) is 0.582. The molecule has 0 bridgehead atoms. The van der Waals surface area contributed by atoms with Gasteiger partial charge in [0.25, 0.3) is 0 Å². The first-order valence-corrected chi connectivity index (χ1v) is 6.13. The maximum atomic E-state index is 2.26. The zero-order valence-electron chi connectivity index (χ0n) is 10.1. The molecule has 0 aliphatic rings. The molecule has 0 unspecified atom stereocenters. The lowest BCUT2D eigenvalue weighted by Gasteiger charge is -1.96. The molecule has 78 valence electrons. The Hall–Kier alpha value is -0.300. The summed E-state index contributed by atoms with van der Waals surface area (Å²) in [5.41, 5.74) is 1.39. The number of aryl methyl sites for hydroxylation is 1. The molecule has 0 atom stereocenters. The topological polar surface area (TPSA) is 0 Å². The molecule has 0 spiro atoms. The highest BCUT2D eigenvalue weighted by Crippen LogP contribution is 2.21. The normalized spacial score (nSPS) is 8.31. The highest BCUT2D eigenvalue weighted by atomic mass is 32.1. The van der Waals surface area contributed by atoms with Crippen molar-refractivity contribution in [3.05, 3.63) is 21.9 Å². The zero-order valence-corrected chi connectivity index (χ0v) is 11.0. The third kappa shape index (κ3) is 6.83. The van der Waals surface area contributed by atoms with Crippen LogP contribution >= 0.6 is 11.3 Å². The van der Waals surface area contributed by atoms with Crippen LogP contribution in [-0.2, 0) is 0 Å². The third-order valence-corrected chi connectivity index (χ3v) is 2.67. The van der Waals surface area contributed by atoms with Crippen LogP contribution in [0.5, 0.6) is 0 Å². The summed E-state index contributed by atoms with van der Waals surface area (Å²) in [4.78, 5) is 1.49. The summed E-state index contributed by atoms with van der Waals surface area (Å²) in [5.74, 6) is 0.698. The van der Waals surface area contributed by atoms with Gasteiger partial charge in [-0.3, -0.25) is 0 Å². The fourth-order valence-electron chi connectivity index (χ4n) is 0.756. The van der Waals surface area contributed by atoms with Crippen molar-refractivity contribution in [3.8, 4) is 0 Å². The SMILES string of the molecule is CC.CC.Cc1csc(C(C)C)c1. The van der Waals surface area contributed by atoms with E-state index >= 15 is 0 Å². The van der Waals surface area contributed by atoms with E-state index in [1.165, 1.54) is 10.4 Å². The first-order chi connectivity index (χ1) is 6.20. The van der Waals surface area contributed by atoms with Gasteiger partial charge in [0, 0.05) is 4.88 Å². The summed E-state index contributed by atoms with van der Waals surface area (Å²) < 4.78 is 0. The van der Waals surface area contributed by atoms with Crippen molar-refractivity contribution in [3.63, 3.8) is 0 Å². The molecule has 1 heteroatoms. The largest absolute Gasteiger partial charge is 0.148 e. The molecule has 1 aromatic heterocycles. The minimum atomic E-state index is 0.698. The summed E-state index contributed by atoms with van der Waals surface area (Å²) in [6.45, 7) is 14.6. The van der Waals surface area contributed by atoms with E-state index in [1.807, 2.05) is 39.0 Å². The molecule has 1 heterocycles. The number of thiophene rings is 1. The average Bonchev–Trinajstić information content (AvgIpc) is 2.59. The second-order valence-corrected chi connectivity index (χ2v) is 3.62. The lowest BCUT2D eigenvalue weighted by molar-refractivity contribution is 0.889. The van der Waals surface area contributed by atoms with Crippen LogP contribution in [0.2, 0.25) is 0 Å². The highest BCUT2D eigenvalue weighted by Gasteiger charge is 1.99. The predicted molar refractivity (Wildman–Crippen MR) is 65.8 cm³/mol. The van der Waals surface area contributed by atoms with Crippen LogP contribution in [0.15, 0.2) is 11.4 Å². The summed E-state index contributed by atoms with van der Waals surface area (Å²) in [6, 6.07) is 2.26. The Labute approximate surface area is 88.0 Å². The second-order valence-electron chi connectivity index (χ2n) is 2.68. The Morgan fingerprint density at radius 2 is 1.54 bits per heavy atom. The van der Waals surface area contributed by atoms with Crippen molar-refractivity contribution in [2.24, 2.45) is 0 Å². The first-order valence-electron chi connectivity index (χ1n) is 5.25. The van der Waals surface area contributed by atoms with Crippen LogP contribution < -0.4 is 0 Å². The molecular weight excluding hydrogens is 176 g/mol. The average molecular weight is 200 g/mol. The van der Waals surface area contributed by atoms with Gasteiger partial charge < -0.3 is 0 Å². The van der Waals surface area contributed by atoms with Gasteiger partial charge in [0.05, 0.1) is 0 Å². The van der Waals surface area contributed by atoms with Crippen LogP contribution in [0.3, 0.4) is 0 Å². The van der Waals surface area contributed by atoms with Gasteiger partial charge in [0.15, 0.2) is 0 Å². The van der Waals surface area contributed by atoms with Gasteiger partial charge in [-0.1, -0.05) is 41.5 Å². The molecular formula is C12H24S. The zero-order chi connectivity index (χ0) is 10.9. The van der Waals surface area contributed by atoms with Crippen molar-refractivity contribution in [2.75, 3.05) is 0 Å². The van der Waals surface area contributed by atoms with Crippen LogP contribution in [0.1, 0.15) is 57.9 Å². The van der Waals surface area contributed by atoms with E-state index in [0.29, 0.717) is 5.92 Å². The van der Waals surface area contributed by atoms with E-state index in [-0.39, 0.29) is 0 Å². The molecule has 0 aromatic carbocycles. The Kier molecular flexibility index (Phi) is 11.4. The van der Waals surface area contributed by atoms with E-state index < -0.39 is 0 Å². The van der Waals surface area contributed by atoms with Gasteiger partial charge in [0.2, 0.25) is 0 Å². The molecule has 0 radical (unpaired) electrons. The summed E-state index contributed by atoms with van der Waals surface area (Å²) in [7, 11) is 0. The van der Waals surface area contributed by atoms with Gasteiger partial charge in [-0.05, 0) is 29.9 Å². The number of hydrogen-bond acceptors (Lipinski definition) is 1. The number of rotatable bonds is 1. The van der Waals surface area contributed by atoms with Gasteiger partial charge in [-0.15, -0.1) is 11.3 Å². The van der Waals surface area contributed by atoms with E-state index in [0.717, 1.165) is 0 Å². The second kappa shape index (κ2) is 9.79.